The lowest BCUT2D eigenvalue weighted by Crippen LogP contribution is -2.42. The summed E-state index contributed by atoms with van der Waals surface area (Å²) in [6.07, 6.45) is 8.10. The van der Waals surface area contributed by atoms with Gasteiger partial charge in [-0.25, -0.2) is 13.4 Å². The Morgan fingerprint density at radius 3 is 2.40 bits per heavy atom. The molecular formula is C29H37N9O3S. The van der Waals surface area contributed by atoms with Gasteiger partial charge in [0, 0.05) is 55.0 Å². The number of hydrogen-bond donors (Lipinski definition) is 3. The van der Waals surface area contributed by atoms with Crippen LogP contribution < -0.4 is 25.0 Å². The van der Waals surface area contributed by atoms with Crippen LogP contribution in [0.25, 0.3) is 11.0 Å². The summed E-state index contributed by atoms with van der Waals surface area (Å²) in [7, 11) is 2.35. The van der Waals surface area contributed by atoms with Crippen LogP contribution in [-0.2, 0) is 10.0 Å². The molecule has 13 heteroatoms. The zero-order chi connectivity index (χ0) is 30.0. The van der Waals surface area contributed by atoms with E-state index in [1.807, 2.05) is 6.92 Å². The Morgan fingerprint density at radius 1 is 0.976 bits per heavy atom. The third kappa shape index (κ3) is 6.47. The van der Waals surface area contributed by atoms with Crippen molar-refractivity contribution in [2.75, 3.05) is 60.8 Å². The predicted molar refractivity (Wildman–Crippen MR) is 168 cm³/mol. The van der Waals surface area contributed by atoms with Gasteiger partial charge in [-0.3, -0.25) is 14.7 Å². The second-order valence-electron chi connectivity index (χ2n) is 10.8. The van der Waals surface area contributed by atoms with Crippen LogP contribution in [0.2, 0.25) is 0 Å². The first kappa shape index (κ1) is 29.3. The lowest BCUT2D eigenvalue weighted by molar-refractivity contribution is 0.249. The van der Waals surface area contributed by atoms with Crippen molar-refractivity contribution in [1.82, 2.24) is 24.8 Å². The van der Waals surface area contributed by atoms with E-state index in [4.69, 9.17) is 9.72 Å². The van der Waals surface area contributed by atoms with Crippen molar-refractivity contribution in [2.45, 2.75) is 32.7 Å². The quantitative estimate of drug-likeness (QED) is 0.255. The van der Waals surface area contributed by atoms with Gasteiger partial charge in [0.05, 0.1) is 35.9 Å². The summed E-state index contributed by atoms with van der Waals surface area (Å²) in [4.78, 5) is 22.6. The van der Waals surface area contributed by atoms with E-state index in [1.165, 1.54) is 6.20 Å². The maximum absolute atomic E-state index is 12.2. The van der Waals surface area contributed by atoms with E-state index in [1.54, 1.807) is 31.6 Å². The highest BCUT2D eigenvalue weighted by Crippen LogP contribution is 2.37. The summed E-state index contributed by atoms with van der Waals surface area (Å²) >= 11 is 0. The van der Waals surface area contributed by atoms with Crippen molar-refractivity contribution in [1.29, 1.82) is 0 Å². The fraction of sp³-hybridized carbons (Fsp3) is 0.379. The van der Waals surface area contributed by atoms with Crippen LogP contribution in [-0.4, -0.2) is 79.8 Å². The number of piperidine rings is 1. The number of hydrogen-bond acceptors (Lipinski definition) is 11. The van der Waals surface area contributed by atoms with Crippen LogP contribution in [0.5, 0.6) is 5.75 Å². The molecule has 1 saturated heterocycles. The van der Waals surface area contributed by atoms with E-state index in [9.17, 15) is 8.42 Å². The largest absolute Gasteiger partial charge is 0.494 e. The summed E-state index contributed by atoms with van der Waals surface area (Å²) in [6, 6.07) is 8.24. The summed E-state index contributed by atoms with van der Waals surface area (Å²) < 4.78 is 32.7. The van der Waals surface area contributed by atoms with Crippen LogP contribution in [0, 0.1) is 13.8 Å². The Morgan fingerprint density at radius 2 is 1.71 bits per heavy atom. The fourth-order valence-electron chi connectivity index (χ4n) is 5.21. The summed E-state index contributed by atoms with van der Waals surface area (Å²) in [5.74, 6) is 1.55. The van der Waals surface area contributed by atoms with E-state index in [0.29, 0.717) is 40.3 Å². The summed E-state index contributed by atoms with van der Waals surface area (Å²) in [5, 5.41) is 6.56. The van der Waals surface area contributed by atoms with Gasteiger partial charge in [0.15, 0.2) is 0 Å². The zero-order valence-electron chi connectivity index (χ0n) is 24.8. The molecule has 0 atom stereocenters. The van der Waals surface area contributed by atoms with Gasteiger partial charge < -0.3 is 25.2 Å². The SMILES string of the molecule is COc1cc(N2CCC(N(C)C)CC2)c(C)cc1Nc1ncc(C)c(Nc2ccc3nccnc3c2NS(C)(=O)=O)n1. The number of nitrogens with one attached hydrogen (secondary N) is 3. The smallest absolute Gasteiger partial charge is 0.229 e. The fourth-order valence-corrected chi connectivity index (χ4v) is 5.79. The third-order valence-corrected chi connectivity index (χ3v) is 8.03. The summed E-state index contributed by atoms with van der Waals surface area (Å²) in [6.45, 7) is 5.95. The number of sulfonamides is 1. The molecule has 1 aliphatic rings. The van der Waals surface area contributed by atoms with E-state index in [0.717, 1.165) is 54.7 Å². The Bertz CT molecular complexity index is 1700. The first-order valence-corrected chi connectivity index (χ1v) is 15.6. The van der Waals surface area contributed by atoms with Crippen molar-refractivity contribution in [3.05, 3.63) is 54.0 Å². The summed E-state index contributed by atoms with van der Waals surface area (Å²) in [5.41, 5.74) is 5.55. The minimum Gasteiger partial charge on any atom is -0.494 e. The van der Waals surface area contributed by atoms with Gasteiger partial charge in [0.25, 0.3) is 0 Å². The lowest BCUT2D eigenvalue weighted by atomic mass is 10.0. The Labute approximate surface area is 246 Å². The molecule has 4 aromatic rings. The van der Waals surface area contributed by atoms with Crippen molar-refractivity contribution >= 4 is 55.6 Å². The van der Waals surface area contributed by atoms with Crippen LogP contribution in [0.1, 0.15) is 24.0 Å². The molecule has 0 aliphatic carbocycles. The monoisotopic (exact) mass is 591 g/mol. The number of fused-ring (bicyclic) bond motifs is 1. The molecule has 1 aliphatic heterocycles. The topological polar surface area (TPSA) is 138 Å². The van der Waals surface area contributed by atoms with Crippen molar-refractivity contribution in [2.24, 2.45) is 0 Å². The number of ether oxygens (including phenoxy) is 1. The molecule has 222 valence electrons. The molecule has 0 saturated carbocycles. The first-order valence-electron chi connectivity index (χ1n) is 13.7. The number of aromatic nitrogens is 4. The number of methoxy groups -OCH3 is 1. The molecule has 3 heterocycles. The van der Waals surface area contributed by atoms with Gasteiger partial charge in [-0.1, -0.05) is 0 Å². The maximum atomic E-state index is 12.2. The molecule has 0 bridgehead atoms. The van der Waals surface area contributed by atoms with Crippen molar-refractivity contribution in [3.8, 4) is 5.75 Å². The van der Waals surface area contributed by atoms with E-state index >= 15 is 0 Å². The predicted octanol–water partition coefficient (Wildman–Crippen LogP) is 4.43. The molecule has 12 nitrogen and oxygen atoms in total. The number of anilines is 6. The van der Waals surface area contributed by atoms with Crippen LogP contribution in [0.4, 0.5) is 34.5 Å². The molecule has 2 aromatic carbocycles. The number of rotatable bonds is 9. The van der Waals surface area contributed by atoms with Gasteiger partial charge in [-0.2, -0.15) is 4.98 Å². The van der Waals surface area contributed by atoms with E-state index < -0.39 is 10.0 Å². The molecule has 42 heavy (non-hydrogen) atoms. The van der Waals surface area contributed by atoms with Gasteiger partial charge in [-0.15, -0.1) is 0 Å². The number of nitrogens with zero attached hydrogens (tertiary/aromatic N) is 6. The van der Waals surface area contributed by atoms with Crippen molar-refractivity contribution in [3.63, 3.8) is 0 Å². The molecule has 1 fully saturated rings. The molecule has 3 N–H and O–H groups in total. The lowest BCUT2D eigenvalue weighted by Gasteiger charge is -2.37. The highest BCUT2D eigenvalue weighted by atomic mass is 32.2. The highest BCUT2D eigenvalue weighted by molar-refractivity contribution is 7.92. The normalized spacial score (nSPS) is 14.3. The van der Waals surface area contributed by atoms with Crippen LogP contribution in [0.3, 0.4) is 0 Å². The second-order valence-corrected chi connectivity index (χ2v) is 12.5. The van der Waals surface area contributed by atoms with Crippen molar-refractivity contribution < 1.29 is 13.2 Å². The van der Waals surface area contributed by atoms with Gasteiger partial charge >= 0.3 is 0 Å². The maximum Gasteiger partial charge on any atom is 0.229 e. The van der Waals surface area contributed by atoms with Gasteiger partial charge in [-0.05, 0) is 64.5 Å². The molecule has 0 radical (unpaired) electrons. The molecule has 2 aromatic heterocycles. The number of benzene rings is 2. The molecule has 5 rings (SSSR count). The molecule has 0 spiro atoms. The average molecular weight is 592 g/mol. The first-order chi connectivity index (χ1) is 20.0. The van der Waals surface area contributed by atoms with E-state index in [2.05, 4.69) is 73.3 Å². The van der Waals surface area contributed by atoms with Gasteiger partial charge in [0.1, 0.15) is 17.1 Å². The zero-order valence-corrected chi connectivity index (χ0v) is 25.6. The Balaban J connectivity index is 1.42. The minimum absolute atomic E-state index is 0.290. The second kappa shape index (κ2) is 11.9. The molecule has 0 unspecified atom stereocenters. The minimum atomic E-state index is -3.60. The molecular weight excluding hydrogens is 554 g/mol. The highest BCUT2D eigenvalue weighted by Gasteiger charge is 2.23. The van der Waals surface area contributed by atoms with Crippen LogP contribution >= 0.6 is 0 Å². The Hall–Kier alpha value is -4.23. The van der Waals surface area contributed by atoms with Gasteiger partial charge in [0.2, 0.25) is 16.0 Å². The van der Waals surface area contributed by atoms with Crippen LogP contribution in [0.15, 0.2) is 42.9 Å². The Kier molecular flexibility index (Phi) is 8.32. The average Bonchev–Trinajstić information content (AvgIpc) is 2.95. The standard InChI is InChI=1S/C29H37N9O3S/c1-18-15-23(25(41-5)16-24(18)38-13-9-20(10-14-38)37(3)4)34-29-32-17-19(2)28(35-29)33-22-8-7-21-26(31-12-11-30-21)27(22)36-42(6,39)40/h7-8,11-12,15-17,20,36H,9-10,13-14H2,1-6H3,(H2,32,33,34,35). The third-order valence-electron chi connectivity index (χ3n) is 7.45. The van der Waals surface area contributed by atoms with E-state index in [-0.39, 0.29) is 5.69 Å². The number of aryl methyl sites for hydroxylation is 2. The molecule has 0 amide bonds.